The Morgan fingerprint density at radius 3 is 2.40 bits per heavy atom. The van der Waals surface area contributed by atoms with Gasteiger partial charge in [0.05, 0.1) is 12.8 Å². The highest BCUT2D eigenvalue weighted by atomic mass is 16.5. The number of primary amides is 1. The zero-order chi connectivity index (χ0) is 24.8. The van der Waals surface area contributed by atoms with Gasteiger partial charge in [-0.1, -0.05) is 18.2 Å². The summed E-state index contributed by atoms with van der Waals surface area (Å²) in [5.74, 6) is 0.661. The smallest absolute Gasteiger partial charge is 0.271 e. The van der Waals surface area contributed by atoms with Gasteiger partial charge in [-0.05, 0) is 30.3 Å². The number of amides is 2. The third-order valence-electron chi connectivity index (χ3n) is 5.92. The van der Waals surface area contributed by atoms with Crippen molar-refractivity contribution in [2.75, 3.05) is 48.8 Å². The topological polar surface area (TPSA) is 126 Å². The summed E-state index contributed by atoms with van der Waals surface area (Å²) >= 11 is 0. The molecule has 10 nitrogen and oxygen atoms in total. The third-order valence-corrected chi connectivity index (χ3v) is 5.92. The van der Waals surface area contributed by atoms with Crippen molar-refractivity contribution in [2.45, 2.75) is 13.5 Å². The fourth-order valence-corrected chi connectivity index (χ4v) is 3.99. The number of piperazine rings is 1. The number of hydrogen-bond donors (Lipinski definition) is 3. The Kier molecular flexibility index (Phi) is 7.30. The zero-order valence-electron chi connectivity index (χ0n) is 19.8. The Balaban J connectivity index is 1.44. The highest BCUT2D eigenvalue weighted by Crippen LogP contribution is 2.25. The summed E-state index contributed by atoms with van der Waals surface area (Å²) < 4.78 is 5.39. The van der Waals surface area contributed by atoms with Crippen LogP contribution in [0.25, 0.3) is 0 Å². The Bertz CT molecular complexity index is 1190. The first-order valence-corrected chi connectivity index (χ1v) is 11.4. The van der Waals surface area contributed by atoms with E-state index in [4.69, 9.17) is 10.5 Å². The molecular weight excluding hydrogens is 446 g/mol. The van der Waals surface area contributed by atoms with Gasteiger partial charge >= 0.3 is 0 Å². The molecule has 3 aromatic rings. The number of para-hydroxylation sites is 1. The minimum atomic E-state index is -0.666. The van der Waals surface area contributed by atoms with Crippen molar-refractivity contribution in [3.05, 3.63) is 65.9 Å². The number of anilines is 4. The SMILES string of the molecule is COc1ccccc1CNc1cc(Nc2ccc(N3CCN(C(C)=O)CC3)cc2)nnc1C(N)=O. The standard InChI is InChI=1S/C25H29N7O3/c1-17(33)31-11-13-32(14-12-31)20-9-7-19(8-10-20)28-23-15-21(24(25(26)34)30-29-23)27-16-18-5-3-4-6-22(18)35-2/h3-10,15H,11-14,16H2,1-2H3,(H2,26,34)(H2,27,28,29). The summed E-state index contributed by atoms with van der Waals surface area (Å²) in [5, 5.41) is 14.6. The van der Waals surface area contributed by atoms with Crippen LogP contribution in [0.3, 0.4) is 0 Å². The second-order valence-corrected chi connectivity index (χ2v) is 8.19. The number of hydrogen-bond acceptors (Lipinski definition) is 8. The van der Waals surface area contributed by atoms with Crippen molar-refractivity contribution >= 4 is 34.7 Å². The van der Waals surface area contributed by atoms with Crippen LogP contribution in [0.4, 0.5) is 22.9 Å². The summed E-state index contributed by atoms with van der Waals surface area (Å²) in [5.41, 5.74) is 8.88. The molecule has 4 N–H and O–H groups in total. The van der Waals surface area contributed by atoms with Crippen molar-refractivity contribution in [3.8, 4) is 5.75 Å². The molecule has 1 aliphatic heterocycles. The Morgan fingerprint density at radius 2 is 1.74 bits per heavy atom. The van der Waals surface area contributed by atoms with E-state index < -0.39 is 5.91 Å². The monoisotopic (exact) mass is 475 g/mol. The van der Waals surface area contributed by atoms with Gasteiger partial charge in [-0.15, -0.1) is 10.2 Å². The lowest BCUT2D eigenvalue weighted by Gasteiger charge is -2.35. The van der Waals surface area contributed by atoms with Crippen molar-refractivity contribution < 1.29 is 14.3 Å². The van der Waals surface area contributed by atoms with E-state index >= 15 is 0 Å². The maximum Gasteiger partial charge on any atom is 0.271 e. The number of benzene rings is 2. The first kappa shape index (κ1) is 23.8. The summed E-state index contributed by atoms with van der Waals surface area (Å²) in [7, 11) is 1.61. The third kappa shape index (κ3) is 5.78. The van der Waals surface area contributed by atoms with Crippen LogP contribution in [-0.2, 0) is 11.3 Å². The second kappa shape index (κ2) is 10.7. The molecule has 1 aliphatic rings. The minimum absolute atomic E-state index is 0.0606. The number of nitrogens with two attached hydrogens (primary N) is 1. The first-order chi connectivity index (χ1) is 16.9. The van der Waals surface area contributed by atoms with Gasteiger partial charge in [-0.3, -0.25) is 9.59 Å². The van der Waals surface area contributed by atoms with E-state index in [0.29, 0.717) is 18.1 Å². The van der Waals surface area contributed by atoms with Crippen molar-refractivity contribution in [1.29, 1.82) is 0 Å². The summed E-state index contributed by atoms with van der Waals surface area (Å²) in [4.78, 5) is 27.5. The molecule has 1 aromatic heterocycles. The molecule has 182 valence electrons. The van der Waals surface area contributed by atoms with E-state index in [1.807, 2.05) is 53.4 Å². The molecule has 2 amide bonds. The first-order valence-electron chi connectivity index (χ1n) is 11.4. The van der Waals surface area contributed by atoms with E-state index in [9.17, 15) is 9.59 Å². The molecule has 0 radical (unpaired) electrons. The second-order valence-electron chi connectivity index (χ2n) is 8.19. The number of aromatic nitrogens is 2. The molecule has 0 atom stereocenters. The number of ether oxygens (including phenoxy) is 1. The van der Waals surface area contributed by atoms with E-state index in [0.717, 1.165) is 48.9 Å². The predicted molar refractivity (Wildman–Crippen MR) is 135 cm³/mol. The van der Waals surface area contributed by atoms with Crippen molar-refractivity contribution in [3.63, 3.8) is 0 Å². The van der Waals surface area contributed by atoms with Gasteiger partial charge in [0.1, 0.15) is 5.75 Å². The minimum Gasteiger partial charge on any atom is -0.496 e. The fraction of sp³-hybridized carbons (Fsp3) is 0.280. The number of carbonyl (C=O) groups is 2. The van der Waals surface area contributed by atoms with Gasteiger partial charge in [0.15, 0.2) is 11.5 Å². The molecule has 0 aliphatic carbocycles. The molecule has 35 heavy (non-hydrogen) atoms. The number of nitrogens with one attached hydrogen (secondary N) is 2. The van der Waals surface area contributed by atoms with Crippen LogP contribution in [0, 0.1) is 0 Å². The molecule has 10 heteroatoms. The Morgan fingerprint density at radius 1 is 1.03 bits per heavy atom. The lowest BCUT2D eigenvalue weighted by atomic mass is 10.2. The molecule has 4 rings (SSSR count). The van der Waals surface area contributed by atoms with Crippen LogP contribution < -0.4 is 26.0 Å². The van der Waals surface area contributed by atoms with E-state index in [1.165, 1.54) is 0 Å². The summed E-state index contributed by atoms with van der Waals surface area (Å²) in [6, 6.07) is 17.3. The average molecular weight is 476 g/mol. The quantitative estimate of drug-likeness (QED) is 0.454. The van der Waals surface area contributed by atoms with Gasteiger partial charge in [0.2, 0.25) is 5.91 Å². The zero-order valence-corrected chi connectivity index (χ0v) is 19.8. The molecule has 2 heterocycles. The molecule has 0 saturated carbocycles. The molecule has 2 aromatic carbocycles. The maximum absolute atomic E-state index is 11.9. The van der Waals surface area contributed by atoms with E-state index in [-0.39, 0.29) is 11.6 Å². The predicted octanol–water partition coefficient (Wildman–Crippen LogP) is 2.61. The Labute approximate surface area is 204 Å². The molecule has 1 fully saturated rings. The van der Waals surface area contributed by atoms with E-state index in [1.54, 1.807) is 20.1 Å². The van der Waals surface area contributed by atoms with Gasteiger partial charge in [-0.2, -0.15) is 0 Å². The highest BCUT2D eigenvalue weighted by Gasteiger charge is 2.19. The van der Waals surface area contributed by atoms with Crippen LogP contribution in [0.1, 0.15) is 23.0 Å². The van der Waals surface area contributed by atoms with Gasteiger partial charge in [-0.25, -0.2) is 0 Å². The van der Waals surface area contributed by atoms with Gasteiger partial charge in [0.25, 0.3) is 5.91 Å². The normalized spacial score (nSPS) is 13.3. The molecular formula is C25H29N7O3. The van der Waals surface area contributed by atoms with E-state index in [2.05, 4.69) is 25.7 Å². The van der Waals surface area contributed by atoms with Crippen LogP contribution >= 0.6 is 0 Å². The molecule has 0 bridgehead atoms. The molecule has 0 spiro atoms. The number of nitrogens with zero attached hydrogens (tertiary/aromatic N) is 4. The molecule has 1 saturated heterocycles. The molecule has 0 unspecified atom stereocenters. The van der Waals surface area contributed by atoms with Gasteiger partial charge in [0, 0.05) is 62.7 Å². The fourth-order valence-electron chi connectivity index (χ4n) is 3.99. The van der Waals surface area contributed by atoms with Gasteiger partial charge < -0.3 is 30.9 Å². The van der Waals surface area contributed by atoms with Crippen molar-refractivity contribution in [2.24, 2.45) is 5.73 Å². The summed E-state index contributed by atoms with van der Waals surface area (Å²) in [6.07, 6.45) is 0. The largest absolute Gasteiger partial charge is 0.496 e. The average Bonchev–Trinajstić information content (AvgIpc) is 2.88. The van der Waals surface area contributed by atoms with Crippen molar-refractivity contribution in [1.82, 2.24) is 15.1 Å². The number of methoxy groups -OCH3 is 1. The number of carbonyl (C=O) groups excluding carboxylic acids is 2. The lowest BCUT2D eigenvalue weighted by molar-refractivity contribution is -0.129. The Hall–Kier alpha value is -4.34. The highest BCUT2D eigenvalue weighted by molar-refractivity contribution is 5.96. The number of rotatable bonds is 8. The van der Waals surface area contributed by atoms with Crippen LogP contribution in [0.5, 0.6) is 5.75 Å². The van der Waals surface area contributed by atoms with Crippen LogP contribution in [0.15, 0.2) is 54.6 Å². The van der Waals surface area contributed by atoms with Crippen LogP contribution in [-0.4, -0.2) is 60.2 Å². The van der Waals surface area contributed by atoms with Crippen LogP contribution in [0.2, 0.25) is 0 Å². The summed E-state index contributed by atoms with van der Waals surface area (Å²) in [6.45, 7) is 5.07. The lowest BCUT2D eigenvalue weighted by Crippen LogP contribution is -2.48. The maximum atomic E-state index is 11.9.